The molecule has 1 aliphatic carbocycles. The van der Waals surface area contributed by atoms with Crippen LogP contribution >= 0.6 is 11.8 Å². The van der Waals surface area contributed by atoms with E-state index in [0.717, 1.165) is 42.6 Å². The van der Waals surface area contributed by atoms with Crippen LogP contribution in [0.3, 0.4) is 0 Å². The summed E-state index contributed by atoms with van der Waals surface area (Å²) < 4.78 is 1.56. The van der Waals surface area contributed by atoms with Crippen LogP contribution in [0.25, 0.3) is 0 Å². The maximum Gasteiger partial charge on any atom is 0.348 e. The van der Waals surface area contributed by atoms with Crippen molar-refractivity contribution in [3.8, 4) is 0 Å². The van der Waals surface area contributed by atoms with E-state index in [2.05, 4.69) is 17.2 Å². The van der Waals surface area contributed by atoms with E-state index >= 15 is 0 Å². The van der Waals surface area contributed by atoms with Gasteiger partial charge in [0.15, 0.2) is 0 Å². The third-order valence-corrected chi connectivity index (χ3v) is 5.53. The van der Waals surface area contributed by atoms with E-state index in [9.17, 15) is 9.59 Å². The number of aliphatic hydroxyl groups is 1. The number of aliphatic hydroxyl groups excluding tert-OH is 1. The molecule has 0 saturated heterocycles. The maximum absolute atomic E-state index is 12.2. The van der Waals surface area contributed by atoms with Crippen LogP contribution in [-0.2, 0) is 30.6 Å². The molecule has 1 aromatic carbocycles. The Hall–Kier alpha value is -2.12. The summed E-state index contributed by atoms with van der Waals surface area (Å²) in [4.78, 5) is 28.6. The van der Waals surface area contributed by atoms with E-state index in [1.165, 1.54) is 17.3 Å². The van der Waals surface area contributed by atoms with Crippen LogP contribution < -0.4 is 11.0 Å². The first-order valence-corrected chi connectivity index (χ1v) is 9.86. The lowest BCUT2D eigenvalue weighted by atomic mass is 10.1. The summed E-state index contributed by atoms with van der Waals surface area (Å²) in [6, 6.07) is 7.79. The van der Waals surface area contributed by atoms with Crippen LogP contribution in [0.1, 0.15) is 30.2 Å². The zero-order valence-electron chi connectivity index (χ0n) is 14.8. The summed E-state index contributed by atoms with van der Waals surface area (Å²) >= 11 is 1.30. The van der Waals surface area contributed by atoms with Gasteiger partial charge in [0.05, 0.1) is 18.9 Å². The van der Waals surface area contributed by atoms with E-state index in [1.54, 1.807) is 4.57 Å². The van der Waals surface area contributed by atoms with Gasteiger partial charge in [-0.25, -0.2) is 4.79 Å². The molecule has 0 atom stereocenters. The molecule has 0 aliphatic heterocycles. The Balaban J connectivity index is 1.67. The molecule has 1 aliphatic rings. The molecule has 0 saturated carbocycles. The third-order valence-electron chi connectivity index (χ3n) is 4.51. The summed E-state index contributed by atoms with van der Waals surface area (Å²) in [6.45, 7) is 2.27. The van der Waals surface area contributed by atoms with Crippen molar-refractivity contribution in [3.05, 3.63) is 51.6 Å². The molecule has 0 fully saturated rings. The predicted molar refractivity (Wildman–Crippen MR) is 103 cm³/mol. The van der Waals surface area contributed by atoms with Gasteiger partial charge in [0.2, 0.25) is 5.91 Å². The Morgan fingerprint density at radius 1 is 1.31 bits per heavy atom. The summed E-state index contributed by atoms with van der Waals surface area (Å²) in [5.74, 6) is 0.0886. The van der Waals surface area contributed by atoms with Crippen LogP contribution in [0.2, 0.25) is 0 Å². The number of aryl methyl sites for hydroxylation is 1. The van der Waals surface area contributed by atoms with Crippen LogP contribution in [0.15, 0.2) is 34.1 Å². The standard InChI is InChI=1S/C19H23N3O3S/c1-2-13-6-8-14(9-7-13)20-17(24)12-26-18-15-4-3-5-16(15)22(10-11-23)19(25)21-18/h6-9,23H,2-5,10-12H2,1H3,(H,20,24). The molecule has 3 rings (SSSR count). The highest BCUT2D eigenvalue weighted by Gasteiger charge is 2.22. The molecular formula is C19H23N3O3S. The first-order valence-electron chi connectivity index (χ1n) is 8.87. The normalized spacial score (nSPS) is 12.8. The van der Waals surface area contributed by atoms with E-state index in [0.29, 0.717) is 5.03 Å². The van der Waals surface area contributed by atoms with E-state index in [4.69, 9.17) is 5.11 Å². The van der Waals surface area contributed by atoms with Gasteiger partial charge in [-0.15, -0.1) is 0 Å². The minimum absolute atomic E-state index is 0.0836. The molecule has 2 N–H and O–H groups in total. The number of anilines is 1. The molecule has 1 aromatic heterocycles. The second kappa shape index (κ2) is 8.51. The monoisotopic (exact) mass is 373 g/mol. The Bertz CT molecular complexity index is 846. The number of carbonyl (C=O) groups is 1. The molecule has 1 heterocycles. The van der Waals surface area contributed by atoms with Gasteiger partial charge in [-0.1, -0.05) is 30.8 Å². The summed E-state index contributed by atoms with van der Waals surface area (Å²) in [7, 11) is 0. The largest absolute Gasteiger partial charge is 0.395 e. The highest BCUT2D eigenvalue weighted by molar-refractivity contribution is 8.00. The molecule has 0 spiro atoms. The Morgan fingerprint density at radius 2 is 2.08 bits per heavy atom. The fourth-order valence-corrected chi connectivity index (χ4v) is 4.07. The van der Waals surface area contributed by atoms with Gasteiger partial charge in [-0.2, -0.15) is 4.98 Å². The van der Waals surface area contributed by atoms with Crippen molar-refractivity contribution in [2.75, 3.05) is 17.7 Å². The van der Waals surface area contributed by atoms with Crippen LogP contribution in [0, 0.1) is 0 Å². The summed E-state index contributed by atoms with van der Waals surface area (Å²) in [6.07, 6.45) is 3.60. The molecule has 26 heavy (non-hydrogen) atoms. The zero-order valence-corrected chi connectivity index (χ0v) is 15.6. The fourth-order valence-electron chi connectivity index (χ4n) is 3.19. The van der Waals surface area contributed by atoms with Gasteiger partial charge in [-0.05, 0) is 43.4 Å². The highest BCUT2D eigenvalue weighted by Crippen LogP contribution is 2.29. The number of amides is 1. The minimum atomic E-state index is -0.349. The molecule has 138 valence electrons. The molecule has 1 amide bonds. The molecule has 0 unspecified atom stereocenters. The molecular weight excluding hydrogens is 350 g/mol. The number of nitrogens with one attached hydrogen (secondary N) is 1. The van der Waals surface area contributed by atoms with E-state index in [1.807, 2.05) is 24.3 Å². The van der Waals surface area contributed by atoms with Gasteiger partial charge in [0.25, 0.3) is 0 Å². The van der Waals surface area contributed by atoms with E-state index in [-0.39, 0.29) is 30.5 Å². The topological polar surface area (TPSA) is 84.2 Å². The highest BCUT2D eigenvalue weighted by atomic mass is 32.2. The lowest BCUT2D eigenvalue weighted by molar-refractivity contribution is -0.113. The van der Waals surface area contributed by atoms with Gasteiger partial charge in [0.1, 0.15) is 5.03 Å². The average molecular weight is 373 g/mol. The number of aromatic nitrogens is 2. The molecule has 0 radical (unpaired) electrons. The number of rotatable bonds is 7. The molecule has 7 heteroatoms. The first-order chi connectivity index (χ1) is 12.6. The van der Waals surface area contributed by atoms with Gasteiger partial charge < -0.3 is 10.4 Å². The number of hydrogen-bond donors (Lipinski definition) is 2. The maximum atomic E-state index is 12.2. The summed E-state index contributed by atoms with van der Waals surface area (Å²) in [5, 5.41) is 12.7. The fraction of sp³-hybridized carbons (Fsp3) is 0.421. The van der Waals surface area contributed by atoms with E-state index < -0.39 is 0 Å². The van der Waals surface area contributed by atoms with Crippen molar-refractivity contribution in [2.45, 2.75) is 44.2 Å². The van der Waals surface area contributed by atoms with Crippen molar-refractivity contribution in [3.63, 3.8) is 0 Å². The van der Waals surface area contributed by atoms with Crippen molar-refractivity contribution in [2.24, 2.45) is 0 Å². The molecule has 6 nitrogen and oxygen atoms in total. The van der Waals surface area contributed by atoms with Crippen molar-refractivity contribution in [1.82, 2.24) is 9.55 Å². The second-order valence-electron chi connectivity index (χ2n) is 6.24. The van der Waals surface area contributed by atoms with Crippen molar-refractivity contribution < 1.29 is 9.90 Å². The molecule has 0 bridgehead atoms. The molecule has 2 aromatic rings. The number of benzene rings is 1. The SMILES string of the molecule is CCc1ccc(NC(=O)CSc2nc(=O)n(CCO)c3c2CCC3)cc1. The van der Waals surface area contributed by atoms with Crippen LogP contribution in [0.5, 0.6) is 0 Å². The smallest absolute Gasteiger partial charge is 0.348 e. The Kier molecular flexibility index (Phi) is 6.11. The summed E-state index contributed by atoms with van der Waals surface area (Å²) in [5.41, 5.74) is 3.64. The average Bonchev–Trinajstić information content (AvgIpc) is 3.13. The van der Waals surface area contributed by atoms with Crippen molar-refractivity contribution >= 4 is 23.4 Å². The van der Waals surface area contributed by atoms with Gasteiger partial charge in [0, 0.05) is 16.9 Å². The Labute approximate surface area is 156 Å². The number of hydrogen-bond acceptors (Lipinski definition) is 5. The first kappa shape index (κ1) is 18.7. The second-order valence-corrected chi connectivity index (χ2v) is 7.20. The minimum Gasteiger partial charge on any atom is -0.395 e. The Morgan fingerprint density at radius 3 is 2.77 bits per heavy atom. The van der Waals surface area contributed by atoms with Crippen molar-refractivity contribution in [1.29, 1.82) is 0 Å². The van der Waals surface area contributed by atoms with Crippen LogP contribution in [0.4, 0.5) is 5.69 Å². The van der Waals surface area contributed by atoms with Gasteiger partial charge in [-0.3, -0.25) is 9.36 Å². The predicted octanol–water partition coefficient (Wildman–Crippen LogP) is 2.02. The van der Waals surface area contributed by atoms with Gasteiger partial charge >= 0.3 is 5.69 Å². The third kappa shape index (κ3) is 4.16. The number of thioether (sulfide) groups is 1. The number of fused-ring (bicyclic) bond motifs is 1. The number of nitrogens with zero attached hydrogens (tertiary/aromatic N) is 2. The zero-order chi connectivity index (χ0) is 18.5. The van der Waals surface area contributed by atoms with Crippen LogP contribution in [-0.4, -0.2) is 32.9 Å². The lowest BCUT2D eigenvalue weighted by Crippen LogP contribution is -2.28. The number of carbonyl (C=O) groups excluding carboxylic acids is 1. The quantitative estimate of drug-likeness (QED) is 0.573. The lowest BCUT2D eigenvalue weighted by Gasteiger charge is -2.13.